The van der Waals surface area contributed by atoms with Crippen LogP contribution in [0.4, 0.5) is 16.0 Å². The largest absolute Gasteiger partial charge is 0.508 e. The van der Waals surface area contributed by atoms with Crippen LogP contribution >= 0.6 is 22.7 Å². The van der Waals surface area contributed by atoms with Crippen molar-refractivity contribution in [2.75, 3.05) is 10.6 Å². The molecule has 3 N–H and O–H groups in total. The quantitative estimate of drug-likeness (QED) is 0.391. The summed E-state index contributed by atoms with van der Waals surface area (Å²) in [5.74, 6) is 0.0320. The molecule has 0 saturated carbocycles. The summed E-state index contributed by atoms with van der Waals surface area (Å²) in [5, 5.41) is 18.7. The third-order valence-corrected chi connectivity index (χ3v) is 5.76. The van der Waals surface area contributed by atoms with Gasteiger partial charge in [-0.05, 0) is 43.3 Å². The van der Waals surface area contributed by atoms with Gasteiger partial charge in [0, 0.05) is 16.6 Å². The summed E-state index contributed by atoms with van der Waals surface area (Å²) in [6, 6.07) is 15.8. The van der Waals surface area contributed by atoms with Crippen molar-refractivity contribution in [3.63, 3.8) is 0 Å². The standard InChI is InChI=1S/C20H16N4O2S2/c1-12-17(28-20(21-12)24-18(26)13-5-3-2-4-6-13)16-11-27-19(23-16)22-14-7-9-15(25)10-8-14/h2-11,25H,1H3,(H,22,23)(H,21,24,26). The smallest absolute Gasteiger partial charge is 0.257 e. The molecule has 140 valence electrons. The zero-order valence-corrected chi connectivity index (χ0v) is 16.5. The number of hydrogen-bond donors (Lipinski definition) is 3. The maximum absolute atomic E-state index is 12.3. The van der Waals surface area contributed by atoms with Gasteiger partial charge in [-0.25, -0.2) is 9.97 Å². The fraction of sp³-hybridized carbons (Fsp3) is 0.0500. The molecule has 4 rings (SSSR count). The first-order chi connectivity index (χ1) is 13.6. The first-order valence-electron chi connectivity index (χ1n) is 8.44. The lowest BCUT2D eigenvalue weighted by Crippen LogP contribution is -2.11. The SMILES string of the molecule is Cc1nc(NC(=O)c2ccccc2)sc1-c1csc(Nc2ccc(O)cc2)n1. The summed E-state index contributed by atoms with van der Waals surface area (Å²) in [6.45, 7) is 1.90. The van der Waals surface area contributed by atoms with E-state index in [1.165, 1.54) is 22.7 Å². The van der Waals surface area contributed by atoms with Gasteiger partial charge >= 0.3 is 0 Å². The molecule has 0 radical (unpaired) electrons. The zero-order valence-electron chi connectivity index (χ0n) is 14.8. The zero-order chi connectivity index (χ0) is 19.5. The summed E-state index contributed by atoms with van der Waals surface area (Å²) >= 11 is 2.88. The Morgan fingerprint density at radius 1 is 1.00 bits per heavy atom. The van der Waals surface area contributed by atoms with E-state index < -0.39 is 0 Å². The van der Waals surface area contributed by atoms with Gasteiger partial charge < -0.3 is 10.4 Å². The van der Waals surface area contributed by atoms with Gasteiger partial charge in [-0.15, -0.1) is 11.3 Å². The van der Waals surface area contributed by atoms with Crippen molar-refractivity contribution in [3.8, 4) is 16.3 Å². The van der Waals surface area contributed by atoms with Crippen LogP contribution in [0.25, 0.3) is 10.6 Å². The summed E-state index contributed by atoms with van der Waals surface area (Å²) in [5.41, 5.74) is 3.05. The molecule has 0 spiro atoms. The van der Waals surface area contributed by atoms with Crippen LogP contribution in [-0.2, 0) is 0 Å². The Kier molecular flexibility index (Phi) is 5.05. The number of nitrogens with zero attached hydrogens (tertiary/aromatic N) is 2. The molecule has 28 heavy (non-hydrogen) atoms. The van der Waals surface area contributed by atoms with Gasteiger partial charge in [0.15, 0.2) is 10.3 Å². The maximum Gasteiger partial charge on any atom is 0.257 e. The van der Waals surface area contributed by atoms with Crippen LogP contribution in [0, 0.1) is 6.92 Å². The Morgan fingerprint density at radius 3 is 2.50 bits per heavy atom. The molecule has 2 aromatic carbocycles. The summed E-state index contributed by atoms with van der Waals surface area (Å²) in [7, 11) is 0. The Balaban J connectivity index is 1.50. The molecule has 0 aliphatic rings. The highest BCUT2D eigenvalue weighted by atomic mass is 32.1. The van der Waals surface area contributed by atoms with Crippen LogP contribution in [0.1, 0.15) is 16.1 Å². The molecule has 2 heterocycles. The number of aromatic hydroxyl groups is 1. The van der Waals surface area contributed by atoms with Gasteiger partial charge in [-0.2, -0.15) is 0 Å². The van der Waals surface area contributed by atoms with Crippen molar-refractivity contribution in [2.45, 2.75) is 6.92 Å². The van der Waals surface area contributed by atoms with E-state index in [1.54, 1.807) is 36.4 Å². The van der Waals surface area contributed by atoms with E-state index in [0.29, 0.717) is 10.7 Å². The first kappa shape index (κ1) is 18.1. The van der Waals surface area contributed by atoms with Crippen LogP contribution in [0.2, 0.25) is 0 Å². The normalized spacial score (nSPS) is 10.6. The number of carbonyl (C=O) groups excluding carboxylic acids is 1. The number of hydrogen-bond acceptors (Lipinski definition) is 7. The molecule has 0 bridgehead atoms. The van der Waals surface area contributed by atoms with E-state index in [1.807, 2.05) is 30.5 Å². The van der Waals surface area contributed by atoms with E-state index in [9.17, 15) is 9.90 Å². The average Bonchev–Trinajstić information content (AvgIpc) is 3.30. The average molecular weight is 409 g/mol. The number of phenols is 1. The highest BCUT2D eigenvalue weighted by molar-refractivity contribution is 7.20. The van der Waals surface area contributed by atoms with Crippen LogP contribution < -0.4 is 10.6 Å². The molecule has 0 fully saturated rings. The monoisotopic (exact) mass is 408 g/mol. The molecular formula is C20H16N4O2S2. The molecule has 0 aliphatic heterocycles. The Hall–Kier alpha value is -3.23. The molecule has 0 unspecified atom stereocenters. The highest BCUT2D eigenvalue weighted by Crippen LogP contribution is 2.35. The molecule has 2 aromatic heterocycles. The molecule has 4 aromatic rings. The molecule has 6 nitrogen and oxygen atoms in total. The number of aromatic nitrogens is 2. The molecule has 0 saturated heterocycles. The fourth-order valence-corrected chi connectivity index (χ4v) is 4.27. The lowest BCUT2D eigenvalue weighted by molar-refractivity contribution is 0.102. The van der Waals surface area contributed by atoms with E-state index in [4.69, 9.17) is 0 Å². The number of thiazole rings is 2. The molecule has 1 amide bonds. The van der Waals surface area contributed by atoms with Crippen molar-refractivity contribution in [3.05, 3.63) is 71.2 Å². The molecule has 0 aliphatic carbocycles. The second-order valence-corrected chi connectivity index (χ2v) is 7.82. The number of nitrogens with one attached hydrogen (secondary N) is 2. The number of amides is 1. The molecular weight excluding hydrogens is 392 g/mol. The van der Waals surface area contributed by atoms with Gasteiger partial charge in [0.25, 0.3) is 5.91 Å². The lowest BCUT2D eigenvalue weighted by Gasteiger charge is -2.01. The molecule has 8 heteroatoms. The van der Waals surface area contributed by atoms with E-state index in [0.717, 1.165) is 27.1 Å². The van der Waals surface area contributed by atoms with E-state index in [2.05, 4.69) is 20.6 Å². The lowest BCUT2D eigenvalue weighted by atomic mass is 10.2. The topological polar surface area (TPSA) is 87.1 Å². The summed E-state index contributed by atoms with van der Waals surface area (Å²) in [4.78, 5) is 22.3. The predicted octanol–water partition coefficient (Wildman–Crippen LogP) is 5.28. The number of benzene rings is 2. The second kappa shape index (κ2) is 7.79. The van der Waals surface area contributed by atoms with E-state index >= 15 is 0 Å². The number of aryl methyl sites for hydroxylation is 1. The third kappa shape index (κ3) is 4.03. The highest BCUT2D eigenvalue weighted by Gasteiger charge is 2.15. The van der Waals surface area contributed by atoms with Crippen molar-refractivity contribution in [2.24, 2.45) is 0 Å². The van der Waals surface area contributed by atoms with Crippen molar-refractivity contribution < 1.29 is 9.90 Å². The van der Waals surface area contributed by atoms with E-state index in [-0.39, 0.29) is 11.7 Å². The maximum atomic E-state index is 12.3. The van der Waals surface area contributed by atoms with Crippen LogP contribution in [-0.4, -0.2) is 21.0 Å². The summed E-state index contributed by atoms with van der Waals surface area (Å²) in [6.07, 6.45) is 0. The summed E-state index contributed by atoms with van der Waals surface area (Å²) < 4.78 is 0. The number of anilines is 3. The Morgan fingerprint density at radius 2 is 1.75 bits per heavy atom. The van der Waals surface area contributed by atoms with Gasteiger partial charge in [0.2, 0.25) is 0 Å². The van der Waals surface area contributed by atoms with Crippen molar-refractivity contribution >= 4 is 44.5 Å². The minimum absolute atomic E-state index is 0.186. The Labute approximate surface area is 169 Å². The van der Waals surface area contributed by atoms with Crippen molar-refractivity contribution in [1.82, 2.24) is 9.97 Å². The van der Waals surface area contributed by atoms with Crippen LogP contribution in [0.15, 0.2) is 60.0 Å². The van der Waals surface area contributed by atoms with Crippen LogP contribution in [0.5, 0.6) is 5.75 Å². The predicted molar refractivity (Wildman–Crippen MR) is 114 cm³/mol. The first-order valence-corrected chi connectivity index (χ1v) is 10.1. The van der Waals surface area contributed by atoms with Crippen molar-refractivity contribution in [1.29, 1.82) is 0 Å². The molecule has 0 atom stereocenters. The van der Waals surface area contributed by atoms with Gasteiger partial charge in [-0.3, -0.25) is 10.1 Å². The number of carbonyl (C=O) groups is 1. The third-order valence-electron chi connectivity index (χ3n) is 3.91. The Bertz CT molecular complexity index is 1100. The second-order valence-electron chi connectivity index (χ2n) is 5.96. The minimum atomic E-state index is -0.186. The van der Waals surface area contributed by atoms with Gasteiger partial charge in [0.1, 0.15) is 5.75 Å². The van der Waals surface area contributed by atoms with Gasteiger partial charge in [-0.1, -0.05) is 29.5 Å². The minimum Gasteiger partial charge on any atom is -0.508 e. The fourth-order valence-electron chi connectivity index (χ4n) is 2.55. The van der Waals surface area contributed by atoms with Crippen LogP contribution in [0.3, 0.4) is 0 Å². The number of rotatable bonds is 5. The number of phenolic OH excluding ortho intramolecular Hbond substituents is 1. The van der Waals surface area contributed by atoms with Gasteiger partial charge in [0.05, 0.1) is 16.3 Å².